The summed E-state index contributed by atoms with van der Waals surface area (Å²) in [5, 5.41) is 10.2. The van der Waals surface area contributed by atoms with Crippen LogP contribution in [0, 0.1) is 17.8 Å². The maximum absolute atomic E-state index is 10.2. The van der Waals surface area contributed by atoms with E-state index in [1.165, 1.54) is 25.7 Å². The maximum Gasteiger partial charge on any atom is 0.0555 e. The molecule has 2 heteroatoms. The molecule has 0 aliphatic heterocycles. The van der Waals surface area contributed by atoms with Crippen molar-refractivity contribution in [3.05, 3.63) is 0 Å². The van der Waals surface area contributed by atoms with Crippen molar-refractivity contribution >= 4 is 0 Å². The van der Waals surface area contributed by atoms with Crippen LogP contribution in [0.4, 0.5) is 0 Å². The third-order valence-corrected chi connectivity index (χ3v) is 5.13. The van der Waals surface area contributed by atoms with Crippen LogP contribution in [0.15, 0.2) is 0 Å². The van der Waals surface area contributed by atoms with E-state index in [1.807, 2.05) is 0 Å². The molecule has 4 atom stereocenters. The number of rotatable bonds is 7. The van der Waals surface area contributed by atoms with Crippen molar-refractivity contribution in [3.63, 3.8) is 0 Å². The van der Waals surface area contributed by atoms with Crippen molar-refractivity contribution in [2.45, 2.75) is 58.5 Å². The van der Waals surface area contributed by atoms with E-state index in [-0.39, 0.29) is 6.10 Å². The first-order chi connectivity index (χ1) is 8.22. The first-order valence-electron chi connectivity index (χ1n) is 7.63. The summed E-state index contributed by atoms with van der Waals surface area (Å²) in [5.41, 5.74) is 0. The zero-order chi connectivity index (χ0) is 12.3. The van der Waals surface area contributed by atoms with Crippen LogP contribution in [0.1, 0.15) is 52.4 Å². The quantitative estimate of drug-likeness (QED) is 0.738. The molecule has 4 unspecified atom stereocenters. The van der Waals surface area contributed by atoms with Gasteiger partial charge in [0.05, 0.1) is 6.10 Å². The van der Waals surface area contributed by atoms with Crippen molar-refractivity contribution in [2.75, 3.05) is 19.6 Å². The molecule has 0 radical (unpaired) electrons. The molecule has 0 heterocycles. The van der Waals surface area contributed by atoms with Gasteiger partial charge >= 0.3 is 0 Å². The van der Waals surface area contributed by atoms with Crippen LogP contribution in [0.3, 0.4) is 0 Å². The second kappa shape index (κ2) is 6.19. The number of hydrogen-bond donors (Lipinski definition) is 1. The van der Waals surface area contributed by atoms with Crippen molar-refractivity contribution < 1.29 is 5.11 Å². The second-order valence-electron chi connectivity index (χ2n) is 6.14. The van der Waals surface area contributed by atoms with Crippen LogP contribution in [0.25, 0.3) is 0 Å². The molecule has 2 fully saturated rings. The highest BCUT2D eigenvalue weighted by molar-refractivity contribution is 4.90. The van der Waals surface area contributed by atoms with Crippen LogP contribution >= 0.6 is 0 Å². The van der Waals surface area contributed by atoms with Gasteiger partial charge in [-0.25, -0.2) is 0 Å². The largest absolute Gasteiger partial charge is 0.393 e. The lowest BCUT2D eigenvalue weighted by Gasteiger charge is -2.25. The zero-order valence-corrected chi connectivity index (χ0v) is 11.6. The third-order valence-electron chi connectivity index (χ3n) is 5.13. The Hall–Kier alpha value is -0.0800. The molecule has 1 N–H and O–H groups in total. The average molecular weight is 239 g/mol. The molecule has 0 aromatic rings. The molecular weight excluding hydrogens is 210 g/mol. The van der Waals surface area contributed by atoms with E-state index in [0.29, 0.717) is 0 Å². The molecule has 2 saturated carbocycles. The highest BCUT2D eigenvalue weighted by Crippen LogP contribution is 2.49. The molecule has 17 heavy (non-hydrogen) atoms. The Morgan fingerprint density at radius 3 is 2.47 bits per heavy atom. The van der Waals surface area contributed by atoms with E-state index < -0.39 is 0 Å². The summed E-state index contributed by atoms with van der Waals surface area (Å²) in [4.78, 5) is 2.41. The van der Waals surface area contributed by atoms with Gasteiger partial charge in [-0.3, -0.25) is 0 Å². The summed E-state index contributed by atoms with van der Waals surface area (Å²) in [6, 6.07) is 0. The Morgan fingerprint density at radius 1 is 1.18 bits per heavy atom. The summed E-state index contributed by atoms with van der Waals surface area (Å²) in [7, 11) is 0. The smallest absolute Gasteiger partial charge is 0.0555 e. The fraction of sp³-hybridized carbons (Fsp3) is 1.00. The average Bonchev–Trinajstić information content (AvgIpc) is 2.92. The lowest BCUT2D eigenvalue weighted by Crippen LogP contribution is -2.28. The Kier molecular flexibility index (Phi) is 4.87. The fourth-order valence-corrected chi connectivity index (χ4v) is 4.00. The molecule has 0 aromatic heterocycles. The summed E-state index contributed by atoms with van der Waals surface area (Å²) >= 11 is 0. The van der Waals surface area contributed by atoms with E-state index >= 15 is 0 Å². The predicted molar refractivity (Wildman–Crippen MR) is 72.0 cm³/mol. The van der Waals surface area contributed by atoms with E-state index in [1.54, 1.807) is 0 Å². The molecule has 2 aliphatic rings. The van der Waals surface area contributed by atoms with Crippen molar-refractivity contribution in [2.24, 2.45) is 17.8 Å². The second-order valence-corrected chi connectivity index (χ2v) is 6.14. The highest BCUT2D eigenvalue weighted by Gasteiger charge is 2.39. The Bertz CT molecular complexity index is 227. The Morgan fingerprint density at radius 2 is 1.94 bits per heavy atom. The molecule has 0 amide bonds. The van der Waals surface area contributed by atoms with Crippen LogP contribution in [0.5, 0.6) is 0 Å². The molecule has 2 rings (SSSR count). The molecule has 2 nitrogen and oxygen atoms in total. The lowest BCUT2D eigenvalue weighted by molar-refractivity contribution is 0.103. The molecule has 100 valence electrons. The molecule has 2 aliphatic carbocycles. The summed E-state index contributed by atoms with van der Waals surface area (Å²) < 4.78 is 0. The first kappa shape index (κ1) is 13.4. The van der Waals surface area contributed by atoms with Gasteiger partial charge < -0.3 is 10.0 Å². The van der Waals surface area contributed by atoms with Crippen LogP contribution in [-0.4, -0.2) is 35.7 Å². The zero-order valence-electron chi connectivity index (χ0n) is 11.6. The normalized spacial score (nSPS) is 33.5. The van der Waals surface area contributed by atoms with Crippen LogP contribution < -0.4 is 0 Å². The van der Waals surface area contributed by atoms with Gasteiger partial charge in [0, 0.05) is 6.54 Å². The van der Waals surface area contributed by atoms with E-state index in [0.717, 1.165) is 50.2 Å². The molecule has 2 bridgehead atoms. The van der Waals surface area contributed by atoms with Gasteiger partial charge in [-0.05, 0) is 62.9 Å². The molecule has 0 spiro atoms. The van der Waals surface area contributed by atoms with Gasteiger partial charge in [-0.2, -0.15) is 0 Å². The van der Waals surface area contributed by atoms with Crippen LogP contribution in [-0.2, 0) is 0 Å². The SMILES string of the molecule is CCN(CC)CCC(O)CC1CC2CCC1C2. The van der Waals surface area contributed by atoms with Gasteiger partial charge in [0.2, 0.25) is 0 Å². The topological polar surface area (TPSA) is 23.5 Å². The predicted octanol–water partition coefficient (Wildman–Crippen LogP) is 2.91. The minimum Gasteiger partial charge on any atom is -0.393 e. The van der Waals surface area contributed by atoms with Gasteiger partial charge in [-0.1, -0.05) is 20.3 Å². The highest BCUT2D eigenvalue weighted by atomic mass is 16.3. The number of nitrogens with zero attached hydrogens (tertiary/aromatic N) is 1. The van der Waals surface area contributed by atoms with Crippen LogP contribution in [0.2, 0.25) is 0 Å². The van der Waals surface area contributed by atoms with Gasteiger partial charge in [0.15, 0.2) is 0 Å². The van der Waals surface area contributed by atoms with Gasteiger partial charge in [-0.15, -0.1) is 0 Å². The number of aliphatic hydroxyl groups is 1. The lowest BCUT2D eigenvalue weighted by atomic mass is 9.84. The molecule has 0 saturated heterocycles. The first-order valence-corrected chi connectivity index (χ1v) is 7.63. The monoisotopic (exact) mass is 239 g/mol. The summed E-state index contributed by atoms with van der Waals surface area (Å²) in [5.74, 6) is 2.82. The van der Waals surface area contributed by atoms with E-state index in [2.05, 4.69) is 18.7 Å². The van der Waals surface area contributed by atoms with E-state index in [4.69, 9.17) is 0 Å². The Labute approximate surface area is 106 Å². The van der Waals surface area contributed by atoms with Crippen molar-refractivity contribution in [1.82, 2.24) is 4.90 Å². The maximum atomic E-state index is 10.2. The van der Waals surface area contributed by atoms with Gasteiger partial charge in [0.1, 0.15) is 0 Å². The minimum absolute atomic E-state index is 0.0556. The number of fused-ring (bicyclic) bond motifs is 2. The Balaban J connectivity index is 1.65. The summed E-state index contributed by atoms with van der Waals surface area (Å²) in [6.45, 7) is 7.68. The standard InChI is InChI=1S/C15H29NO/c1-3-16(4-2)8-7-15(17)11-14-10-12-5-6-13(14)9-12/h12-15,17H,3-11H2,1-2H3. The molecule has 0 aromatic carbocycles. The summed E-state index contributed by atoms with van der Waals surface area (Å²) in [6.07, 6.45) is 7.77. The minimum atomic E-state index is -0.0556. The van der Waals surface area contributed by atoms with Crippen molar-refractivity contribution in [3.8, 4) is 0 Å². The third kappa shape index (κ3) is 3.45. The number of hydrogen-bond acceptors (Lipinski definition) is 2. The van der Waals surface area contributed by atoms with Crippen molar-refractivity contribution in [1.29, 1.82) is 0 Å². The van der Waals surface area contributed by atoms with E-state index in [9.17, 15) is 5.11 Å². The number of aliphatic hydroxyl groups excluding tert-OH is 1. The van der Waals surface area contributed by atoms with Gasteiger partial charge in [0.25, 0.3) is 0 Å². The fourth-order valence-electron chi connectivity index (χ4n) is 4.00. The molecular formula is C15H29NO.